The summed E-state index contributed by atoms with van der Waals surface area (Å²) >= 11 is 5.72. The Morgan fingerprint density at radius 3 is 2.24 bits per heavy atom. The maximum absolute atomic E-state index is 13.0. The first-order chi connectivity index (χ1) is 10.2. The molecule has 0 unspecified atom stereocenters. The molecular formula is C16H18ClFN2O. The maximum Gasteiger partial charge on any atom is 0.141 e. The van der Waals surface area contributed by atoms with E-state index in [4.69, 9.17) is 16.3 Å². The number of halogens is 2. The number of nitrogens with one attached hydrogen (secondary N) is 2. The SMILES string of the molecule is CCOc1ccc(NCCNc2ccc(F)c(Cl)c2)cc1. The molecule has 0 aliphatic heterocycles. The van der Waals surface area contributed by atoms with Gasteiger partial charge in [0, 0.05) is 24.5 Å². The summed E-state index contributed by atoms with van der Waals surface area (Å²) in [5.74, 6) is 0.455. The van der Waals surface area contributed by atoms with E-state index in [0.29, 0.717) is 13.2 Å². The van der Waals surface area contributed by atoms with Gasteiger partial charge in [0.2, 0.25) is 0 Å². The zero-order valence-corrected chi connectivity index (χ0v) is 12.6. The Kier molecular flexibility index (Phi) is 5.69. The molecule has 0 atom stereocenters. The van der Waals surface area contributed by atoms with Gasteiger partial charge in [0.1, 0.15) is 11.6 Å². The molecule has 0 radical (unpaired) electrons. The zero-order chi connectivity index (χ0) is 15.1. The molecule has 0 aliphatic rings. The summed E-state index contributed by atoms with van der Waals surface area (Å²) < 4.78 is 18.4. The van der Waals surface area contributed by atoms with Crippen LogP contribution in [0, 0.1) is 5.82 Å². The Balaban J connectivity index is 1.75. The third kappa shape index (κ3) is 4.83. The highest BCUT2D eigenvalue weighted by molar-refractivity contribution is 6.31. The average Bonchev–Trinajstić information content (AvgIpc) is 2.49. The molecule has 0 spiro atoms. The van der Waals surface area contributed by atoms with Crippen LogP contribution in [0.25, 0.3) is 0 Å². The van der Waals surface area contributed by atoms with Crippen molar-refractivity contribution in [3.8, 4) is 5.75 Å². The van der Waals surface area contributed by atoms with Crippen LogP contribution in [0.15, 0.2) is 42.5 Å². The quantitative estimate of drug-likeness (QED) is 0.744. The Morgan fingerprint density at radius 1 is 1.00 bits per heavy atom. The van der Waals surface area contributed by atoms with Gasteiger partial charge < -0.3 is 15.4 Å². The van der Waals surface area contributed by atoms with Crippen LogP contribution in [-0.4, -0.2) is 19.7 Å². The largest absolute Gasteiger partial charge is 0.494 e. The van der Waals surface area contributed by atoms with E-state index in [1.54, 1.807) is 12.1 Å². The number of hydrogen-bond donors (Lipinski definition) is 2. The van der Waals surface area contributed by atoms with Crippen molar-refractivity contribution in [1.29, 1.82) is 0 Å². The van der Waals surface area contributed by atoms with E-state index < -0.39 is 5.82 Å². The van der Waals surface area contributed by atoms with Crippen molar-refractivity contribution in [1.82, 2.24) is 0 Å². The van der Waals surface area contributed by atoms with E-state index >= 15 is 0 Å². The van der Waals surface area contributed by atoms with Gasteiger partial charge in [-0.3, -0.25) is 0 Å². The van der Waals surface area contributed by atoms with Gasteiger partial charge in [0.25, 0.3) is 0 Å². The molecule has 2 N–H and O–H groups in total. The second kappa shape index (κ2) is 7.74. The van der Waals surface area contributed by atoms with Crippen LogP contribution in [0.1, 0.15) is 6.92 Å². The van der Waals surface area contributed by atoms with Gasteiger partial charge in [0.15, 0.2) is 0 Å². The first-order valence-electron chi connectivity index (χ1n) is 6.84. The standard InChI is InChI=1S/C16H18ClFN2O/c1-2-21-14-6-3-12(4-7-14)19-9-10-20-13-5-8-16(18)15(17)11-13/h3-8,11,19-20H,2,9-10H2,1H3. The Bertz CT molecular complexity index is 575. The maximum atomic E-state index is 13.0. The lowest BCUT2D eigenvalue weighted by Gasteiger charge is -2.10. The van der Waals surface area contributed by atoms with E-state index in [9.17, 15) is 4.39 Å². The summed E-state index contributed by atoms with van der Waals surface area (Å²) in [4.78, 5) is 0. The molecule has 0 aliphatic carbocycles. The van der Waals surface area contributed by atoms with Gasteiger partial charge in [0.05, 0.1) is 11.6 Å². The summed E-state index contributed by atoms with van der Waals surface area (Å²) in [5, 5.41) is 6.59. The molecule has 0 saturated heterocycles. The molecule has 3 nitrogen and oxygen atoms in total. The summed E-state index contributed by atoms with van der Waals surface area (Å²) in [6.07, 6.45) is 0. The Morgan fingerprint density at radius 2 is 1.62 bits per heavy atom. The summed E-state index contributed by atoms with van der Waals surface area (Å²) in [6.45, 7) is 4.06. The molecule has 0 amide bonds. The lowest BCUT2D eigenvalue weighted by Crippen LogP contribution is -2.13. The van der Waals surface area contributed by atoms with Gasteiger partial charge in [-0.05, 0) is 49.4 Å². The Labute approximate surface area is 129 Å². The zero-order valence-electron chi connectivity index (χ0n) is 11.8. The number of ether oxygens (including phenoxy) is 1. The average molecular weight is 309 g/mol. The molecule has 0 bridgehead atoms. The van der Waals surface area contributed by atoms with Crippen molar-refractivity contribution < 1.29 is 9.13 Å². The fraction of sp³-hybridized carbons (Fsp3) is 0.250. The van der Waals surface area contributed by atoms with E-state index in [-0.39, 0.29) is 5.02 Å². The summed E-state index contributed by atoms with van der Waals surface area (Å²) in [6, 6.07) is 12.4. The van der Waals surface area contributed by atoms with Crippen LogP contribution >= 0.6 is 11.6 Å². The van der Waals surface area contributed by atoms with Gasteiger partial charge >= 0.3 is 0 Å². The van der Waals surface area contributed by atoms with Crippen LogP contribution < -0.4 is 15.4 Å². The van der Waals surface area contributed by atoms with E-state index in [0.717, 1.165) is 23.7 Å². The molecular weight excluding hydrogens is 291 g/mol. The normalized spacial score (nSPS) is 10.2. The lowest BCUT2D eigenvalue weighted by molar-refractivity contribution is 0.340. The number of rotatable bonds is 7. The molecule has 0 saturated carbocycles. The van der Waals surface area contributed by atoms with Crippen molar-refractivity contribution in [2.24, 2.45) is 0 Å². The third-order valence-corrected chi connectivity index (χ3v) is 3.16. The predicted octanol–water partition coefficient (Wildman–Crippen LogP) is 4.40. The molecule has 2 aromatic rings. The third-order valence-electron chi connectivity index (χ3n) is 2.87. The molecule has 0 aromatic heterocycles. The van der Waals surface area contributed by atoms with Gasteiger partial charge in [-0.25, -0.2) is 4.39 Å². The monoisotopic (exact) mass is 308 g/mol. The van der Waals surface area contributed by atoms with Crippen molar-refractivity contribution in [3.05, 3.63) is 53.3 Å². The lowest BCUT2D eigenvalue weighted by atomic mass is 10.3. The molecule has 0 heterocycles. The minimum atomic E-state index is -0.408. The van der Waals surface area contributed by atoms with E-state index in [1.807, 2.05) is 31.2 Å². The summed E-state index contributed by atoms with van der Waals surface area (Å²) in [5.41, 5.74) is 1.83. The minimum Gasteiger partial charge on any atom is -0.494 e. The number of hydrogen-bond acceptors (Lipinski definition) is 3. The minimum absolute atomic E-state index is 0.125. The van der Waals surface area contributed by atoms with Crippen LogP contribution in [0.3, 0.4) is 0 Å². The number of benzene rings is 2. The topological polar surface area (TPSA) is 33.3 Å². The second-order valence-corrected chi connectivity index (χ2v) is 4.85. The highest BCUT2D eigenvalue weighted by Crippen LogP contribution is 2.19. The molecule has 2 aromatic carbocycles. The van der Waals surface area contributed by atoms with Crippen LogP contribution in [0.5, 0.6) is 5.75 Å². The highest BCUT2D eigenvalue weighted by Gasteiger charge is 2.00. The molecule has 5 heteroatoms. The molecule has 21 heavy (non-hydrogen) atoms. The van der Waals surface area contributed by atoms with Crippen molar-refractivity contribution in [2.75, 3.05) is 30.3 Å². The van der Waals surface area contributed by atoms with Crippen LogP contribution in [0.2, 0.25) is 5.02 Å². The van der Waals surface area contributed by atoms with Crippen LogP contribution in [0.4, 0.5) is 15.8 Å². The van der Waals surface area contributed by atoms with Crippen LogP contribution in [-0.2, 0) is 0 Å². The number of anilines is 2. The van der Waals surface area contributed by atoms with Crippen molar-refractivity contribution >= 4 is 23.0 Å². The smallest absolute Gasteiger partial charge is 0.141 e. The van der Waals surface area contributed by atoms with Gasteiger partial charge in [-0.15, -0.1) is 0 Å². The fourth-order valence-corrected chi connectivity index (χ4v) is 2.04. The van der Waals surface area contributed by atoms with Gasteiger partial charge in [-0.2, -0.15) is 0 Å². The highest BCUT2D eigenvalue weighted by atomic mass is 35.5. The molecule has 2 rings (SSSR count). The first kappa shape index (κ1) is 15.4. The second-order valence-electron chi connectivity index (χ2n) is 4.44. The van der Waals surface area contributed by atoms with E-state index in [1.165, 1.54) is 6.07 Å². The fourth-order valence-electron chi connectivity index (χ4n) is 1.86. The van der Waals surface area contributed by atoms with Gasteiger partial charge in [-0.1, -0.05) is 11.6 Å². The summed E-state index contributed by atoms with van der Waals surface area (Å²) in [7, 11) is 0. The molecule has 112 valence electrons. The first-order valence-corrected chi connectivity index (χ1v) is 7.22. The van der Waals surface area contributed by atoms with Crippen molar-refractivity contribution in [2.45, 2.75) is 6.92 Å². The predicted molar refractivity (Wildman–Crippen MR) is 86.0 cm³/mol. The van der Waals surface area contributed by atoms with Crippen molar-refractivity contribution in [3.63, 3.8) is 0 Å². The Hall–Kier alpha value is -1.94. The molecule has 0 fully saturated rings. The van der Waals surface area contributed by atoms with E-state index in [2.05, 4.69) is 10.6 Å².